The van der Waals surface area contributed by atoms with E-state index >= 15 is 0 Å². The molecule has 0 saturated carbocycles. The van der Waals surface area contributed by atoms with Crippen molar-refractivity contribution in [3.05, 3.63) is 92.3 Å². The van der Waals surface area contributed by atoms with Gasteiger partial charge < -0.3 is 14.8 Å². The fourth-order valence-electron chi connectivity index (χ4n) is 3.34. The predicted octanol–water partition coefficient (Wildman–Crippen LogP) is 6.36. The van der Waals surface area contributed by atoms with Crippen molar-refractivity contribution in [1.29, 1.82) is 5.26 Å². The first-order valence-corrected chi connectivity index (χ1v) is 11.9. The van der Waals surface area contributed by atoms with Gasteiger partial charge in [0.1, 0.15) is 29.0 Å². The van der Waals surface area contributed by atoms with Crippen LogP contribution in [0.15, 0.2) is 66.2 Å². The number of rotatable bonds is 9. The van der Waals surface area contributed by atoms with E-state index in [0.29, 0.717) is 42.4 Å². The van der Waals surface area contributed by atoms with Crippen molar-refractivity contribution in [1.82, 2.24) is 0 Å². The minimum atomic E-state index is -0.511. The predicted molar refractivity (Wildman–Crippen MR) is 139 cm³/mol. The van der Waals surface area contributed by atoms with E-state index in [1.165, 1.54) is 18.2 Å². The number of carbonyl (C=O) groups is 1. The zero-order valence-corrected chi connectivity index (χ0v) is 21.1. The second-order valence-electron chi connectivity index (χ2n) is 7.30. The third-order valence-electron chi connectivity index (χ3n) is 4.85. The summed E-state index contributed by atoms with van der Waals surface area (Å²) in [5, 5.41) is 12.3. The molecule has 174 valence electrons. The van der Waals surface area contributed by atoms with Gasteiger partial charge in [-0.25, -0.2) is 4.39 Å². The van der Waals surface area contributed by atoms with Gasteiger partial charge in [0.2, 0.25) is 0 Å². The van der Waals surface area contributed by atoms with E-state index in [1.54, 1.807) is 36.4 Å². The minimum absolute atomic E-state index is 0.0370. The molecule has 5 nitrogen and oxygen atoms in total. The summed E-state index contributed by atoms with van der Waals surface area (Å²) in [7, 11) is 0. The molecule has 7 heteroatoms. The highest BCUT2D eigenvalue weighted by Gasteiger charge is 2.14. The Morgan fingerprint density at radius 3 is 2.47 bits per heavy atom. The van der Waals surface area contributed by atoms with Crippen LogP contribution in [0.2, 0.25) is 0 Å². The standard InChI is InChI=1S/C27H24FIN2O3/c1-3-33-23-10-8-22(9-11-23)31-27(32)20(17-30)12-19-15-25(29)24(26(16-19)34-4-2)14-18-6-5-7-21(28)13-18/h5-13,15-16H,3-4,14H2,1-2H3,(H,31,32)/b20-12+. The molecule has 0 fully saturated rings. The maximum absolute atomic E-state index is 13.6. The molecule has 34 heavy (non-hydrogen) atoms. The fourth-order valence-corrected chi connectivity index (χ4v) is 4.15. The highest BCUT2D eigenvalue weighted by Crippen LogP contribution is 2.30. The van der Waals surface area contributed by atoms with Crippen LogP contribution in [0.3, 0.4) is 0 Å². The molecule has 0 aliphatic heterocycles. The van der Waals surface area contributed by atoms with Crippen LogP contribution >= 0.6 is 22.6 Å². The molecule has 0 radical (unpaired) electrons. The van der Waals surface area contributed by atoms with Gasteiger partial charge in [-0.2, -0.15) is 5.26 Å². The summed E-state index contributed by atoms with van der Waals surface area (Å²) >= 11 is 2.19. The molecule has 0 unspecified atom stereocenters. The lowest BCUT2D eigenvalue weighted by Gasteiger charge is -2.14. The average Bonchev–Trinajstić information content (AvgIpc) is 2.81. The van der Waals surface area contributed by atoms with E-state index in [-0.39, 0.29) is 11.4 Å². The van der Waals surface area contributed by atoms with Crippen LogP contribution < -0.4 is 14.8 Å². The first-order chi connectivity index (χ1) is 16.4. The summed E-state index contributed by atoms with van der Waals surface area (Å²) in [5.41, 5.74) is 2.93. The number of amides is 1. The van der Waals surface area contributed by atoms with Crippen molar-refractivity contribution in [3.63, 3.8) is 0 Å². The third kappa shape index (κ3) is 6.81. The van der Waals surface area contributed by atoms with E-state index in [0.717, 1.165) is 14.7 Å². The highest BCUT2D eigenvalue weighted by molar-refractivity contribution is 14.1. The van der Waals surface area contributed by atoms with Crippen LogP contribution in [0.1, 0.15) is 30.5 Å². The molecule has 0 aliphatic carbocycles. The molecule has 0 heterocycles. The van der Waals surface area contributed by atoms with E-state index in [2.05, 4.69) is 27.9 Å². The first-order valence-electron chi connectivity index (χ1n) is 10.8. The monoisotopic (exact) mass is 570 g/mol. The van der Waals surface area contributed by atoms with Crippen molar-refractivity contribution < 1.29 is 18.7 Å². The molecule has 0 atom stereocenters. The maximum atomic E-state index is 13.6. The summed E-state index contributed by atoms with van der Waals surface area (Å²) in [6.07, 6.45) is 2.03. The smallest absolute Gasteiger partial charge is 0.266 e. The third-order valence-corrected chi connectivity index (χ3v) is 5.81. The Bertz CT molecular complexity index is 1230. The number of nitrogens with one attached hydrogen (secondary N) is 1. The Balaban J connectivity index is 1.85. The highest BCUT2D eigenvalue weighted by atomic mass is 127. The molecule has 3 aromatic rings. The van der Waals surface area contributed by atoms with Crippen LogP contribution in [0.4, 0.5) is 10.1 Å². The number of anilines is 1. The van der Waals surface area contributed by atoms with Gasteiger partial charge in [0, 0.05) is 21.2 Å². The molecule has 0 aromatic heterocycles. The van der Waals surface area contributed by atoms with Crippen molar-refractivity contribution in [2.45, 2.75) is 20.3 Å². The Morgan fingerprint density at radius 1 is 1.09 bits per heavy atom. The molecule has 0 bridgehead atoms. The van der Waals surface area contributed by atoms with E-state index in [1.807, 2.05) is 32.0 Å². The van der Waals surface area contributed by atoms with Crippen LogP contribution in [-0.2, 0) is 11.2 Å². The Labute approximate surface area is 212 Å². The van der Waals surface area contributed by atoms with Crippen LogP contribution in [0.25, 0.3) is 6.08 Å². The van der Waals surface area contributed by atoms with Gasteiger partial charge in [-0.15, -0.1) is 0 Å². The number of benzene rings is 3. The second-order valence-corrected chi connectivity index (χ2v) is 8.46. The summed E-state index contributed by atoms with van der Waals surface area (Å²) in [4.78, 5) is 12.7. The number of nitrogens with zero attached hydrogens (tertiary/aromatic N) is 1. The van der Waals surface area contributed by atoms with Gasteiger partial charge in [-0.3, -0.25) is 4.79 Å². The zero-order valence-electron chi connectivity index (χ0n) is 18.9. The Morgan fingerprint density at radius 2 is 1.82 bits per heavy atom. The number of hydrogen-bond acceptors (Lipinski definition) is 4. The molecule has 3 rings (SSSR count). The van der Waals surface area contributed by atoms with Crippen LogP contribution in [0, 0.1) is 20.7 Å². The molecule has 1 amide bonds. The SMILES string of the molecule is CCOc1ccc(NC(=O)/C(C#N)=C/c2cc(I)c(Cc3cccc(F)c3)c(OCC)c2)cc1. The summed E-state index contributed by atoms with van der Waals surface area (Å²) in [6.45, 7) is 4.78. The molecular weight excluding hydrogens is 546 g/mol. The number of hydrogen-bond donors (Lipinski definition) is 1. The first kappa shape index (κ1) is 25.2. The zero-order chi connectivity index (χ0) is 24.5. The number of nitriles is 1. The van der Waals surface area contributed by atoms with Gasteiger partial charge in [0.05, 0.1) is 13.2 Å². The lowest BCUT2D eigenvalue weighted by molar-refractivity contribution is -0.112. The van der Waals surface area contributed by atoms with E-state index < -0.39 is 5.91 Å². The average molecular weight is 570 g/mol. The summed E-state index contributed by atoms with van der Waals surface area (Å²) < 4.78 is 25.8. The fraction of sp³-hybridized carbons (Fsp3) is 0.185. The van der Waals surface area contributed by atoms with E-state index in [9.17, 15) is 14.4 Å². The van der Waals surface area contributed by atoms with Crippen LogP contribution in [0.5, 0.6) is 11.5 Å². The molecular formula is C27H24FIN2O3. The quantitative estimate of drug-likeness (QED) is 0.185. The Kier molecular flexibility index (Phi) is 9.05. The summed E-state index contributed by atoms with van der Waals surface area (Å²) in [6, 6.07) is 19.0. The topological polar surface area (TPSA) is 71.3 Å². The molecule has 0 saturated heterocycles. The molecule has 3 aromatic carbocycles. The molecule has 0 spiro atoms. The van der Waals surface area contributed by atoms with Crippen molar-refractivity contribution in [2.75, 3.05) is 18.5 Å². The lowest BCUT2D eigenvalue weighted by atomic mass is 10.0. The van der Waals surface area contributed by atoms with Crippen molar-refractivity contribution in [2.24, 2.45) is 0 Å². The lowest BCUT2D eigenvalue weighted by Crippen LogP contribution is -2.13. The van der Waals surface area contributed by atoms with Gasteiger partial charge in [-0.05, 0) is 102 Å². The van der Waals surface area contributed by atoms with Gasteiger partial charge in [0.15, 0.2) is 0 Å². The van der Waals surface area contributed by atoms with Crippen molar-refractivity contribution in [3.8, 4) is 17.6 Å². The number of halogens is 2. The number of ether oxygens (including phenoxy) is 2. The normalized spacial score (nSPS) is 11.0. The van der Waals surface area contributed by atoms with Gasteiger partial charge >= 0.3 is 0 Å². The maximum Gasteiger partial charge on any atom is 0.266 e. The second kappa shape index (κ2) is 12.2. The largest absolute Gasteiger partial charge is 0.494 e. The number of carbonyl (C=O) groups excluding carboxylic acids is 1. The Hall–Kier alpha value is -3.38. The van der Waals surface area contributed by atoms with Crippen LogP contribution in [-0.4, -0.2) is 19.1 Å². The minimum Gasteiger partial charge on any atom is -0.494 e. The van der Waals surface area contributed by atoms with E-state index in [4.69, 9.17) is 9.47 Å². The summed E-state index contributed by atoms with van der Waals surface area (Å²) in [5.74, 6) is 0.535. The van der Waals surface area contributed by atoms with Gasteiger partial charge in [-0.1, -0.05) is 12.1 Å². The molecule has 0 aliphatic rings. The van der Waals surface area contributed by atoms with Crippen molar-refractivity contribution >= 4 is 40.3 Å². The molecule has 1 N–H and O–H groups in total. The van der Waals surface area contributed by atoms with Gasteiger partial charge in [0.25, 0.3) is 5.91 Å².